The van der Waals surface area contributed by atoms with Crippen molar-refractivity contribution in [1.29, 1.82) is 0 Å². The van der Waals surface area contributed by atoms with Crippen LogP contribution in [0.25, 0.3) is 10.4 Å². The second kappa shape index (κ2) is 8.28. The lowest BCUT2D eigenvalue weighted by atomic mass is 9.82. The van der Waals surface area contributed by atoms with Gasteiger partial charge in [0.05, 0.1) is 12.2 Å². The molecule has 1 aromatic heterocycles. The molecule has 5 nitrogen and oxygen atoms in total. The van der Waals surface area contributed by atoms with Gasteiger partial charge in [0.1, 0.15) is 6.04 Å². The van der Waals surface area contributed by atoms with Crippen LogP contribution in [0.1, 0.15) is 43.6 Å². The van der Waals surface area contributed by atoms with Gasteiger partial charge in [0.15, 0.2) is 0 Å². The second-order valence-electron chi connectivity index (χ2n) is 7.89. The summed E-state index contributed by atoms with van der Waals surface area (Å²) >= 11 is 1.87. The maximum absolute atomic E-state index is 12.8. The molecule has 0 unspecified atom stereocenters. The SMILES string of the molecule is CC[C@@H](NC(C)=O)C(=O)N1CCC2(CC1)OCCc1sc(-c3ccccc3)cc12. The van der Waals surface area contributed by atoms with Gasteiger partial charge in [-0.15, -0.1) is 11.3 Å². The molecule has 0 bridgehead atoms. The summed E-state index contributed by atoms with van der Waals surface area (Å²) in [5.41, 5.74) is 2.27. The Kier molecular flexibility index (Phi) is 5.74. The minimum atomic E-state index is -0.435. The molecule has 1 saturated heterocycles. The van der Waals surface area contributed by atoms with Crippen LogP contribution >= 0.6 is 11.3 Å². The first kappa shape index (κ1) is 20.1. The van der Waals surface area contributed by atoms with E-state index in [1.54, 1.807) is 0 Å². The van der Waals surface area contributed by atoms with Crippen molar-refractivity contribution in [2.75, 3.05) is 19.7 Å². The number of likely N-dealkylation sites (tertiary alicyclic amines) is 1. The molecule has 2 aliphatic heterocycles. The largest absolute Gasteiger partial charge is 0.370 e. The summed E-state index contributed by atoms with van der Waals surface area (Å²) in [6, 6.07) is 12.4. The highest BCUT2D eigenvalue weighted by molar-refractivity contribution is 7.15. The second-order valence-corrected chi connectivity index (χ2v) is 9.03. The van der Waals surface area contributed by atoms with Gasteiger partial charge in [-0.2, -0.15) is 0 Å². The summed E-state index contributed by atoms with van der Waals surface area (Å²) in [6.45, 7) is 5.44. The molecule has 1 fully saturated rings. The maximum Gasteiger partial charge on any atom is 0.245 e. The van der Waals surface area contributed by atoms with E-state index in [2.05, 4.69) is 35.6 Å². The number of hydrogen-bond acceptors (Lipinski definition) is 4. The number of nitrogens with one attached hydrogen (secondary N) is 1. The van der Waals surface area contributed by atoms with Gasteiger partial charge >= 0.3 is 0 Å². The Hall–Kier alpha value is -2.18. The quantitative estimate of drug-likeness (QED) is 0.833. The molecule has 1 atom stereocenters. The van der Waals surface area contributed by atoms with E-state index in [0.29, 0.717) is 19.5 Å². The maximum atomic E-state index is 12.8. The van der Waals surface area contributed by atoms with E-state index >= 15 is 0 Å². The molecular weight excluding hydrogens is 384 g/mol. The summed E-state index contributed by atoms with van der Waals surface area (Å²) in [5.74, 6) is -0.144. The van der Waals surface area contributed by atoms with Crippen molar-refractivity contribution in [3.63, 3.8) is 0 Å². The number of amides is 2. The Bertz CT molecular complexity index is 885. The number of nitrogens with zero attached hydrogens (tertiary/aromatic N) is 1. The van der Waals surface area contributed by atoms with Crippen LogP contribution in [-0.4, -0.2) is 42.5 Å². The third kappa shape index (κ3) is 3.96. The van der Waals surface area contributed by atoms with E-state index in [9.17, 15) is 9.59 Å². The Morgan fingerprint density at radius 3 is 2.62 bits per heavy atom. The number of piperidine rings is 1. The average Bonchev–Trinajstić information content (AvgIpc) is 3.19. The lowest BCUT2D eigenvalue weighted by Crippen LogP contribution is -2.53. The van der Waals surface area contributed by atoms with Crippen LogP contribution in [0.15, 0.2) is 36.4 Å². The van der Waals surface area contributed by atoms with Crippen LogP contribution < -0.4 is 5.32 Å². The number of benzene rings is 1. The van der Waals surface area contributed by atoms with Crippen LogP contribution in [0, 0.1) is 0 Å². The number of fused-ring (bicyclic) bond motifs is 2. The van der Waals surface area contributed by atoms with Crippen molar-refractivity contribution >= 4 is 23.2 Å². The zero-order chi connectivity index (χ0) is 20.4. The van der Waals surface area contributed by atoms with Crippen LogP contribution in [0.3, 0.4) is 0 Å². The molecular formula is C23H28N2O3S. The fourth-order valence-electron chi connectivity index (χ4n) is 4.47. The minimum absolute atomic E-state index is 0.0175. The highest BCUT2D eigenvalue weighted by Gasteiger charge is 2.43. The van der Waals surface area contributed by atoms with Crippen LogP contribution in [0.4, 0.5) is 0 Å². The van der Waals surface area contributed by atoms with E-state index in [1.165, 1.54) is 27.8 Å². The summed E-state index contributed by atoms with van der Waals surface area (Å²) in [5, 5.41) is 2.78. The number of thiophene rings is 1. The normalized spacial score (nSPS) is 18.9. The van der Waals surface area contributed by atoms with E-state index in [1.807, 2.05) is 29.2 Å². The van der Waals surface area contributed by atoms with Crippen LogP contribution in [0.2, 0.25) is 0 Å². The molecule has 1 spiro atoms. The molecule has 29 heavy (non-hydrogen) atoms. The molecule has 4 rings (SSSR count). The standard InChI is InChI=1S/C23H28N2O3S/c1-3-19(24-16(2)26)22(27)25-12-10-23(11-13-25)18-15-21(17-7-5-4-6-8-17)29-20(18)9-14-28-23/h4-8,15,19H,3,9-14H2,1-2H3,(H,24,26)/t19-/m1/s1. The van der Waals surface area contributed by atoms with Crippen molar-refractivity contribution in [3.8, 4) is 10.4 Å². The number of hydrogen-bond donors (Lipinski definition) is 1. The number of rotatable bonds is 4. The highest BCUT2D eigenvalue weighted by atomic mass is 32.1. The molecule has 154 valence electrons. The van der Waals surface area contributed by atoms with Gasteiger partial charge in [-0.3, -0.25) is 9.59 Å². The molecule has 2 amide bonds. The summed E-state index contributed by atoms with van der Waals surface area (Å²) < 4.78 is 6.36. The predicted molar refractivity (Wildman–Crippen MR) is 115 cm³/mol. The Labute approximate surface area is 176 Å². The first-order chi connectivity index (χ1) is 14.0. The van der Waals surface area contributed by atoms with E-state index in [-0.39, 0.29) is 17.4 Å². The zero-order valence-corrected chi connectivity index (χ0v) is 17.9. The number of carbonyl (C=O) groups is 2. The summed E-state index contributed by atoms with van der Waals surface area (Å²) in [4.78, 5) is 28.8. The molecule has 1 aromatic carbocycles. The molecule has 0 radical (unpaired) electrons. The van der Waals surface area contributed by atoms with Crippen molar-refractivity contribution in [2.45, 2.75) is 51.2 Å². The van der Waals surface area contributed by atoms with Gasteiger partial charge in [0.2, 0.25) is 11.8 Å². The molecule has 1 N–H and O–H groups in total. The van der Waals surface area contributed by atoms with Crippen molar-refractivity contribution in [2.24, 2.45) is 0 Å². The fourth-order valence-corrected chi connectivity index (χ4v) is 5.70. The lowest BCUT2D eigenvalue weighted by Gasteiger charge is -2.44. The van der Waals surface area contributed by atoms with Gasteiger partial charge in [-0.05, 0) is 36.5 Å². The van der Waals surface area contributed by atoms with Gasteiger partial charge in [-0.25, -0.2) is 0 Å². The lowest BCUT2D eigenvalue weighted by molar-refractivity contribution is -0.144. The number of ether oxygens (including phenoxy) is 1. The minimum Gasteiger partial charge on any atom is -0.370 e. The Morgan fingerprint density at radius 2 is 1.97 bits per heavy atom. The van der Waals surface area contributed by atoms with E-state index in [0.717, 1.165) is 25.9 Å². The van der Waals surface area contributed by atoms with E-state index < -0.39 is 6.04 Å². The molecule has 3 heterocycles. The summed E-state index contributed by atoms with van der Waals surface area (Å²) in [6.07, 6.45) is 3.16. The summed E-state index contributed by atoms with van der Waals surface area (Å²) in [7, 11) is 0. The molecule has 2 aromatic rings. The van der Waals surface area contributed by atoms with Crippen molar-refractivity contribution < 1.29 is 14.3 Å². The van der Waals surface area contributed by atoms with Gasteiger partial charge in [0.25, 0.3) is 0 Å². The molecule has 6 heteroatoms. The fraction of sp³-hybridized carbons (Fsp3) is 0.478. The third-order valence-corrected chi connectivity index (χ3v) is 7.28. The van der Waals surface area contributed by atoms with Gasteiger partial charge in [-0.1, -0.05) is 37.3 Å². The highest BCUT2D eigenvalue weighted by Crippen LogP contribution is 2.46. The number of carbonyl (C=O) groups excluding carboxylic acids is 2. The predicted octanol–water partition coefficient (Wildman–Crippen LogP) is 3.72. The monoisotopic (exact) mass is 412 g/mol. The van der Waals surface area contributed by atoms with Crippen molar-refractivity contribution in [1.82, 2.24) is 10.2 Å². The molecule has 2 aliphatic rings. The molecule has 0 saturated carbocycles. The van der Waals surface area contributed by atoms with Crippen LogP contribution in [0.5, 0.6) is 0 Å². The van der Waals surface area contributed by atoms with Gasteiger partial charge < -0.3 is 15.0 Å². The van der Waals surface area contributed by atoms with Crippen molar-refractivity contribution in [3.05, 3.63) is 46.8 Å². The third-order valence-electron chi connectivity index (χ3n) is 6.03. The first-order valence-corrected chi connectivity index (χ1v) is 11.2. The smallest absolute Gasteiger partial charge is 0.245 e. The average molecular weight is 413 g/mol. The molecule has 0 aliphatic carbocycles. The Morgan fingerprint density at radius 1 is 1.24 bits per heavy atom. The topological polar surface area (TPSA) is 58.6 Å². The zero-order valence-electron chi connectivity index (χ0n) is 17.1. The van der Waals surface area contributed by atoms with E-state index in [4.69, 9.17) is 4.74 Å². The van der Waals surface area contributed by atoms with Gasteiger partial charge in [0, 0.05) is 36.2 Å². The van der Waals surface area contributed by atoms with Crippen LogP contribution in [-0.2, 0) is 26.3 Å². The Balaban J connectivity index is 1.51. The first-order valence-electron chi connectivity index (χ1n) is 10.4.